The minimum Gasteiger partial charge on any atom is -0.388 e. The van der Waals surface area contributed by atoms with Crippen LogP contribution in [0, 0.1) is 0 Å². The lowest BCUT2D eigenvalue weighted by molar-refractivity contribution is -0.0573. The lowest BCUT2D eigenvalue weighted by Crippen LogP contribution is -2.46. The summed E-state index contributed by atoms with van der Waals surface area (Å²) < 4.78 is 6.08. The molecule has 0 atom stereocenters. The van der Waals surface area contributed by atoms with Crippen LogP contribution in [0.2, 0.25) is 0 Å². The Labute approximate surface area is 110 Å². The molecule has 0 radical (unpaired) electrons. The molecule has 2 rings (SSSR count). The largest absolute Gasteiger partial charge is 0.388 e. The molecule has 1 saturated heterocycles. The second-order valence-corrected chi connectivity index (χ2v) is 5.32. The maximum absolute atomic E-state index is 10.4. The molecule has 1 aliphatic rings. The number of aliphatic hydroxyl groups is 1. The van der Waals surface area contributed by atoms with Crippen molar-refractivity contribution in [3.63, 3.8) is 0 Å². The minimum absolute atomic E-state index is 0.583. The van der Waals surface area contributed by atoms with Crippen molar-refractivity contribution in [2.45, 2.75) is 18.4 Å². The number of nitrogens with zero attached hydrogens (tertiary/aromatic N) is 2. The van der Waals surface area contributed by atoms with Gasteiger partial charge in [-0.1, -0.05) is 6.07 Å². The van der Waals surface area contributed by atoms with Crippen molar-refractivity contribution in [2.24, 2.45) is 0 Å². The van der Waals surface area contributed by atoms with Crippen molar-refractivity contribution < 1.29 is 9.84 Å². The summed E-state index contributed by atoms with van der Waals surface area (Å²) in [6.07, 6.45) is 1.37. The summed E-state index contributed by atoms with van der Waals surface area (Å²) >= 11 is 3.35. The third-order valence-corrected chi connectivity index (χ3v) is 3.49. The van der Waals surface area contributed by atoms with Crippen molar-refractivity contribution in [1.82, 2.24) is 4.98 Å². The number of rotatable bonds is 3. The summed E-state index contributed by atoms with van der Waals surface area (Å²) in [5.74, 6) is 0.860. The minimum atomic E-state index is -0.656. The summed E-state index contributed by atoms with van der Waals surface area (Å²) in [6, 6.07) is 5.77. The third kappa shape index (κ3) is 3.40. The standard InChI is InChI=1S/C12H17BrN2O2/c1-15(11-4-2-3-10(13)14-11)9-12(16)5-7-17-8-6-12/h2-4,16H,5-9H2,1H3. The van der Waals surface area contributed by atoms with Gasteiger partial charge < -0.3 is 14.7 Å². The highest BCUT2D eigenvalue weighted by molar-refractivity contribution is 9.10. The van der Waals surface area contributed by atoms with Crippen LogP contribution in [0.1, 0.15) is 12.8 Å². The monoisotopic (exact) mass is 300 g/mol. The molecule has 5 heteroatoms. The molecule has 0 bridgehead atoms. The van der Waals surface area contributed by atoms with Crippen molar-refractivity contribution in [1.29, 1.82) is 0 Å². The number of aromatic nitrogens is 1. The van der Waals surface area contributed by atoms with E-state index in [1.807, 2.05) is 30.1 Å². The van der Waals surface area contributed by atoms with Gasteiger partial charge in [-0.3, -0.25) is 0 Å². The van der Waals surface area contributed by atoms with E-state index < -0.39 is 5.60 Å². The van der Waals surface area contributed by atoms with Gasteiger partial charge in [-0.15, -0.1) is 0 Å². The Balaban J connectivity index is 2.03. The van der Waals surface area contributed by atoms with E-state index in [9.17, 15) is 5.11 Å². The van der Waals surface area contributed by atoms with Crippen LogP contribution in [0.4, 0.5) is 5.82 Å². The molecule has 94 valence electrons. The Hall–Kier alpha value is -0.650. The molecule has 0 unspecified atom stereocenters. The lowest BCUT2D eigenvalue weighted by Gasteiger charge is -2.35. The van der Waals surface area contributed by atoms with Gasteiger partial charge in [0, 0.05) is 39.6 Å². The molecule has 0 saturated carbocycles. The summed E-state index contributed by atoms with van der Waals surface area (Å²) in [4.78, 5) is 6.35. The highest BCUT2D eigenvalue weighted by Gasteiger charge is 2.31. The van der Waals surface area contributed by atoms with Crippen LogP contribution in [0.15, 0.2) is 22.8 Å². The van der Waals surface area contributed by atoms with E-state index in [0.29, 0.717) is 32.6 Å². The Morgan fingerprint density at radius 1 is 1.47 bits per heavy atom. The van der Waals surface area contributed by atoms with E-state index >= 15 is 0 Å². The number of ether oxygens (including phenoxy) is 1. The molecule has 1 N–H and O–H groups in total. The van der Waals surface area contributed by atoms with Gasteiger partial charge in [0.25, 0.3) is 0 Å². The van der Waals surface area contributed by atoms with Crippen molar-refractivity contribution in [3.8, 4) is 0 Å². The smallest absolute Gasteiger partial charge is 0.129 e. The molecule has 1 aromatic heterocycles. The van der Waals surface area contributed by atoms with Gasteiger partial charge >= 0.3 is 0 Å². The first-order valence-corrected chi connectivity index (χ1v) is 6.52. The van der Waals surface area contributed by atoms with Gasteiger partial charge in [-0.05, 0) is 28.1 Å². The van der Waals surface area contributed by atoms with Gasteiger partial charge in [0.1, 0.15) is 10.4 Å². The van der Waals surface area contributed by atoms with E-state index in [0.717, 1.165) is 10.4 Å². The zero-order valence-corrected chi connectivity index (χ0v) is 11.5. The van der Waals surface area contributed by atoms with Gasteiger partial charge in [0.15, 0.2) is 0 Å². The van der Waals surface area contributed by atoms with Crippen LogP contribution in [-0.4, -0.2) is 42.5 Å². The first-order chi connectivity index (χ1) is 8.09. The predicted octanol–water partition coefficient (Wildman–Crippen LogP) is 1.82. The third-order valence-electron chi connectivity index (χ3n) is 3.05. The Bertz CT molecular complexity index is 381. The van der Waals surface area contributed by atoms with Gasteiger partial charge in [0.05, 0.1) is 5.60 Å². The van der Waals surface area contributed by atoms with Crippen LogP contribution in [0.5, 0.6) is 0 Å². The molecule has 4 nitrogen and oxygen atoms in total. The Kier molecular flexibility index (Phi) is 4.01. The second kappa shape index (κ2) is 5.33. The van der Waals surface area contributed by atoms with Crippen LogP contribution < -0.4 is 4.90 Å². The normalized spacial score (nSPS) is 19.0. The quantitative estimate of drug-likeness (QED) is 0.865. The van der Waals surface area contributed by atoms with Crippen LogP contribution in [0.25, 0.3) is 0 Å². The molecule has 1 aromatic rings. The maximum Gasteiger partial charge on any atom is 0.129 e. The highest BCUT2D eigenvalue weighted by atomic mass is 79.9. The number of pyridine rings is 1. The average Bonchev–Trinajstić information content (AvgIpc) is 2.29. The van der Waals surface area contributed by atoms with Crippen LogP contribution >= 0.6 is 15.9 Å². The van der Waals surface area contributed by atoms with Gasteiger partial charge in [0.2, 0.25) is 0 Å². The molecule has 1 aliphatic heterocycles. The van der Waals surface area contributed by atoms with Gasteiger partial charge in [-0.2, -0.15) is 0 Å². The predicted molar refractivity (Wildman–Crippen MR) is 70.2 cm³/mol. The molecule has 0 aliphatic carbocycles. The van der Waals surface area contributed by atoms with Crippen molar-refractivity contribution in [2.75, 3.05) is 31.7 Å². The summed E-state index contributed by atoms with van der Waals surface area (Å²) in [7, 11) is 1.95. The van der Waals surface area contributed by atoms with E-state index in [1.54, 1.807) is 0 Å². The van der Waals surface area contributed by atoms with E-state index in [1.165, 1.54) is 0 Å². The summed E-state index contributed by atoms with van der Waals surface area (Å²) in [5.41, 5.74) is -0.656. The molecule has 1 fully saturated rings. The summed E-state index contributed by atoms with van der Waals surface area (Å²) in [5, 5.41) is 10.4. The first-order valence-electron chi connectivity index (χ1n) is 5.73. The highest BCUT2D eigenvalue weighted by Crippen LogP contribution is 2.23. The van der Waals surface area contributed by atoms with E-state index in [-0.39, 0.29) is 0 Å². The maximum atomic E-state index is 10.4. The average molecular weight is 301 g/mol. The molecule has 2 heterocycles. The van der Waals surface area contributed by atoms with E-state index in [4.69, 9.17) is 4.74 Å². The summed E-state index contributed by atoms with van der Waals surface area (Å²) in [6.45, 7) is 1.85. The lowest BCUT2D eigenvalue weighted by atomic mass is 9.94. The number of hydrogen-bond donors (Lipinski definition) is 1. The van der Waals surface area contributed by atoms with E-state index in [2.05, 4.69) is 20.9 Å². The first kappa shape index (κ1) is 12.8. The van der Waals surface area contributed by atoms with Crippen molar-refractivity contribution in [3.05, 3.63) is 22.8 Å². The van der Waals surface area contributed by atoms with Crippen LogP contribution in [0.3, 0.4) is 0 Å². The molecule has 0 spiro atoms. The molecular formula is C12H17BrN2O2. The molecule has 0 aromatic carbocycles. The fourth-order valence-electron chi connectivity index (χ4n) is 2.04. The second-order valence-electron chi connectivity index (χ2n) is 4.51. The number of hydrogen-bond acceptors (Lipinski definition) is 4. The number of likely N-dealkylation sites (N-methyl/N-ethyl adjacent to an activating group) is 1. The zero-order valence-electron chi connectivity index (χ0n) is 9.90. The molecule has 17 heavy (non-hydrogen) atoms. The number of anilines is 1. The van der Waals surface area contributed by atoms with Crippen LogP contribution in [-0.2, 0) is 4.74 Å². The van der Waals surface area contributed by atoms with Gasteiger partial charge in [-0.25, -0.2) is 4.98 Å². The Morgan fingerprint density at radius 3 is 2.82 bits per heavy atom. The molecular weight excluding hydrogens is 284 g/mol. The Morgan fingerprint density at radius 2 is 2.18 bits per heavy atom. The topological polar surface area (TPSA) is 45.6 Å². The zero-order chi connectivity index (χ0) is 12.3. The number of halogens is 1. The fourth-order valence-corrected chi connectivity index (χ4v) is 2.38. The SMILES string of the molecule is CN(CC1(O)CCOCC1)c1cccc(Br)n1. The fraction of sp³-hybridized carbons (Fsp3) is 0.583. The molecule has 0 amide bonds. The van der Waals surface area contributed by atoms with Crippen molar-refractivity contribution >= 4 is 21.7 Å².